The molecule has 0 spiro atoms. The van der Waals surface area contributed by atoms with Crippen molar-refractivity contribution in [3.8, 4) is 0 Å². The van der Waals surface area contributed by atoms with Crippen LogP contribution in [-0.4, -0.2) is 0 Å². The van der Waals surface area contributed by atoms with Gasteiger partial charge in [-0.15, -0.1) is 24.3 Å². The van der Waals surface area contributed by atoms with Crippen molar-refractivity contribution in [2.45, 2.75) is 39.5 Å². The van der Waals surface area contributed by atoms with Gasteiger partial charge in [-0.3, -0.25) is 0 Å². The van der Waals surface area contributed by atoms with Gasteiger partial charge in [0.15, 0.2) is 0 Å². The van der Waals surface area contributed by atoms with E-state index in [0.29, 0.717) is 0 Å². The van der Waals surface area contributed by atoms with Crippen LogP contribution in [0.3, 0.4) is 0 Å². The average Bonchev–Trinajstić information content (AvgIpc) is 3.07. The van der Waals surface area contributed by atoms with E-state index in [2.05, 4.69) is 74.6 Å². The first-order valence-corrected chi connectivity index (χ1v) is 6.74. The van der Waals surface area contributed by atoms with Crippen LogP contribution in [0.2, 0.25) is 0 Å². The summed E-state index contributed by atoms with van der Waals surface area (Å²) in [5, 5.41) is 0. The van der Waals surface area contributed by atoms with Gasteiger partial charge in [0.1, 0.15) is 0 Å². The first-order chi connectivity index (χ1) is 8.86. The monoisotopic (exact) mass is 398 g/mol. The molecule has 0 aromatic carbocycles. The fourth-order valence-electron chi connectivity index (χ4n) is 1.56. The fourth-order valence-corrected chi connectivity index (χ4v) is 1.56. The maximum absolute atomic E-state index is 3.21. The summed E-state index contributed by atoms with van der Waals surface area (Å²) in [6.07, 6.45) is 27.6. The molecule has 0 fully saturated rings. The SMILES string of the molecule is CC/C=C/C1=[C-]CC=C1.CC/C=C/C1=[C-]CC=C1.[Cl-].[Cl-].[Zr+4]. The molecule has 0 aromatic heterocycles. The smallest absolute Gasteiger partial charge is 1.00 e. The van der Waals surface area contributed by atoms with Crippen molar-refractivity contribution in [3.05, 3.63) is 71.9 Å². The van der Waals surface area contributed by atoms with Crippen LogP contribution >= 0.6 is 0 Å². The third-order valence-electron chi connectivity index (χ3n) is 2.51. The molecular formula is C18H22Cl2Zr. The van der Waals surface area contributed by atoms with Crippen molar-refractivity contribution in [3.63, 3.8) is 0 Å². The molecule has 2 rings (SSSR count). The maximum atomic E-state index is 3.21. The zero-order valence-corrected chi connectivity index (χ0v) is 16.7. The summed E-state index contributed by atoms with van der Waals surface area (Å²) in [6.45, 7) is 4.27. The van der Waals surface area contributed by atoms with Crippen LogP contribution in [0.4, 0.5) is 0 Å². The van der Waals surface area contributed by atoms with E-state index in [9.17, 15) is 0 Å². The predicted molar refractivity (Wildman–Crippen MR) is 79.9 cm³/mol. The Kier molecular flexibility index (Phi) is 22.1. The second-order valence-corrected chi connectivity index (χ2v) is 4.10. The Hall–Kier alpha value is -0.0969. The Balaban J connectivity index is -0.000000270. The summed E-state index contributed by atoms with van der Waals surface area (Å²) >= 11 is 0. The van der Waals surface area contributed by atoms with Gasteiger partial charge in [-0.05, 0) is 12.8 Å². The van der Waals surface area contributed by atoms with Crippen LogP contribution in [0.25, 0.3) is 0 Å². The molecule has 0 aromatic rings. The molecular weight excluding hydrogens is 378 g/mol. The van der Waals surface area contributed by atoms with Crippen LogP contribution < -0.4 is 24.8 Å². The van der Waals surface area contributed by atoms with Gasteiger partial charge >= 0.3 is 26.2 Å². The Morgan fingerprint density at radius 3 is 1.48 bits per heavy atom. The summed E-state index contributed by atoms with van der Waals surface area (Å²) in [5.41, 5.74) is 2.47. The van der Waals surface area contributed by atoms with Crippen molar-refractivity contribution in [1.82, 2.24) is 0 Å². The van der Waals surface area contributed by atoms with Gasteiger partial charge in [-0.25, -0.2) is 0 Å². The zero-order chi connectivity index (χ0) is 13.1. The van der Waals surface area contributed by atoms with E-state index < -0.39 is 0 Å². The van der Waals surface area contributed by atoms with E-state index in [1.807, 2.05) is 0 Å². The van der Waals surface area contributed by atoms with Gasteiger partial charge in [0.2, 0.25) is 0 Å². The minimum Gasteiger partial charge on any atom is -1.00 e. The normalized spacial score (nSPS) is 14.8. The predicted octanol–water partition coefficient (Wildman–Crippen LogP) is -0.710. The van der Waals surface area contributed by atoms with Gasteiger partial charge in [-0.2, -0.15) is 47.6 Å². The standard InChI is InChI=1S/2C9H11.2ClH.Zr/c2*1-2-3-6-9-7-4-5-8-9;;;/h2*3-4,6-7H,2,5H2,1H3;2*1H;/q2*-1;;;+4/p-2/b2*6-3+;;;. The molecule has 0 nitrogen and oxygen atoms in total. The molecule has 0 amide bonds. The molecule has 3 heteroatoms. The second kappa shape index (κ2) is 18.0. The molecule has 21 heavy (non-hydrogen) atoms. The van der Waals surface area contributed by atoms with Gasteiger partial charge in [-0.1, -0.05) is 26.7 Å². The van der Waals surface area contributed by atoms with E-state index in [0.717, 1.165) is 25.7 Å². The Morgan fingerprint density at radius 1 is 0.857 bits per heavy atom. The molecule has 0 saturated heterocycles. The number of halogens is 2. The first-order valence-electron chi connectivity index (χ1n) is 6.74. The van der Waals surface area contributed by atoms with Crippen molar-refractivity contribution >= 4 is 0 Å². The second-order valence-electron chi connectivity index (χ2n) is 4.10. The molecule has 0 aliphatic heterocycles. The van der Waals surface area contributed by atoms with Crippen molar-refractivity contribution in [2.75, 3.05) is 0 Å². The van der Waals surface area contributed by atoms with E-state index >= 15 is 0 Å². The Bertz CT molecular complexity index is 373. The van der Waals surface area contributed by atoms with E-state index in [-0.39, 0.29) is 51.0 Å². The number of allylic oxidation sites excluding steroid dienone is 12. The minimum absolute atomic E-state index is 0. The zero-order valence-electron chi connectivity index (χ0n) is 12.7. The number of hydrogen-bond donors (Lipinski definition) is 0. The van der Waals surface area contributed by atoms with Crippen LogP contribution in [0.5, 0.6) is 0 Å². The van der Waals surface area contributed by atoms with Crippen LogP contribution in [0, 0.1) is 12.2 Å². The third-order valence-corrected chi connectivity index (χ3v) is 2.51. The van der Waals surface area contributed by atoms with Crippen molar-refractivity contribution < 1.29 is 51.0 Å². The quantitative estimate of drug-likeness (QED) is 0.547. The molecule has 0 bridgehead atoms. The van der Waals surface area contributed by atoms with Crippen molar-refractivity contribution in [1.29, 1.82) is 0 Å². The topological polar surface area (TPSA) is 0 Å². The fraction of sp³-hybridized carbons (Fsp3) is 0.333. The molecule has 0 atom stereocenters. The minimum atomic E-state index is 0. The molecule has 0 radical (unpaired) electrons. The summed E-state index contributed by atoms with van der Waals surface area (Å²) in [5.74, 6) is 0. The summed E-state index contributed by atoms with van der Waals surface area (Å²) in [4.78, 5) is 0. The van der Waals surface area contributed by atoms with E-state index in [1.165, 1.54) is 11.1 Å². The molecule has 2 aliphatic rings. The summed E-state index contributed by atoms with van der Waals surface area (Å²) in [7, 11) is 0. The average molecular weight is 401 g/mol. The number of hydrogen-bond acceptors (Lipinski definition) is 0. The molecule has 0 saturated carbocycles. The molecule has 0 heterocycles. The van der Waals surface area contributed by atoms with Gasteiger partial charge in [0.05, 0.1) is 0 Å². The maximum Gasteiger partial charge on any atom is 4.00 e. The van der Waals surface area contributed by atoms with Gasteiger partial charge in [0, 0.05) is 0 Å². The molecule has 112 valence electrons. The number of rotatable bonds is 4. The van der Waals surface area contributed by atoms with Crippen molar-refractivity contribution in [2.24, 2.45) is 0 Å². The summed E-state index contributed by atoms with van der Waals surface area (Å²) < 4.78 is 0. The summed E-state index contributed by atoms with van der Waals surface area (Å²) in [6, 6.07) is 0. The van der Waals surface area contributed by atoms with Gasteiger partial charge < -0.3 is 24.8 Å². The van der Waals surface area contributed by atoms with Crippen LogP contribution in [-0.2, 0) is 26.2 Å². The Labute approximate surface area is 161 Å². The Morgan fingerprint density at radius 2 is 1.24 bits per heavy atom. The third kappa shape index (κ3) is 13.3. The largest absolute Gasteiger partial charge is 4.00 e. The van der Waals surface area contributed by atoms with E-state index in [1.54, 1.807) is 0 Å². The molecule has 0 unspecified atom stereocenters. The first kappa shape index (κ1) is 25.8. The molecule has 2 aliphatic carbocycles. The van der Waals surface area contributed by atoms with E-state index in [4.69, 9.17) is 0 Å². The van der Waals surface area contributed by atoms with Gasteiger partial charge in [0.25, 0.3) is 0 Å². The van der Waals surface area contributed by atoms with Crippen LogP contribution in [0.15, 0.2) is 59.8 Å². The van der Waals surface area contributed by atoms with Crippen LogP contribution in [0.1, 0.15) is 39.5 Å². The molecule has 0 N–H and O–H groups in total.